The van der Waals surface area contributed by atoms with Crippen molar-refractivity contribution in [3.63, 3.8) is 0 Å². The van der Waals surface area contributed by atoms with E-state index in [4.69, 9.17) is 4.99 Å². The van der Waals surface area contributed by atoms with Crippen molar-refractivity contribution in [2.75, 3.05) is 6.54 Å². The number of nitrogens with zero attached hydrogens (tertiary/aromatic N) is 2. The van der Waals surface area contributed by atoms with Crippen LogP contribution < -0.4 is 5.32 Å². The topological polar surface area (TPSA) is 37.3 Å². The van der Waals surface area contributed by atoms with Crippen LogP contribution in [-0.2, 0) is 6.42 Å². The summed E-state index contributed by atoms with van der Waals surface area (Å²) in [7, 11) is 0. The van der Waals surface area contributed by atoms with Gasteiger partial charge in [0.25, 0.3) is 0 Å². The number of aliphatic imine (C=N–C) groups is 1. The van der Waals surface area contributed by atoms with Gasteiger partial charge in [-0.05, 0) is 66.1 Å². The first-order valence-corrected chi connectivity index (χ1v) is 11.6. The number of nitrogens with one attached hydrogen (secondary N) is 1. The maximum absolute atomic E-state index is 5.07. The number of rotatable bonds is 7. The summed E-state index contributed by atoms with van der Waals surface area (Å²) in [4.78, 5) is 10.6. The van der Waals surface area contributed by atoms with Gasteiger partial charge in [-0.1, -0.05) is 48.5 Å². The molecule has 0 fully saturated rings. The molecule has 5 rings (SSSR count). The number of allylic oxidation sites excluding steroid dienone is 1. The highest BCUT2D eigenvalue weighted by atomic mass is 32.1. The summed E-state index contributed by atoms with van der Waals surface area (Å²) in [6.07, 6.45) is 9.07. The monoisotopic (exact) mass is 423 g/mol. The predicted molar refractivity (Wildman–Crippen MR) is 131 cm³/mol. The standard InChI is InChI=1S/C27H25N3S/c1-2-7-20(8-3-1)9-6-16-29-26-13-12-23(27(30-26)21-14-17-28-18-15-21)25-19-22-10-4-5-11-24(22)31-25/h1-5,7-8,10-11,13-15,17-19,23,29H,6,9,12,16H2. The fourth-order valence-electron chi connectivity index (χ4n) is 4.07. The van der Waals surface area contributed by atoms with Gasteiger partial charge in [0.05, 0.1) is 5.71 Å². The molecule has 1 atom stereocenters. The van der Waals surface area contributed by atoms with Gasteiger partial charge in [-0.15, -0.1) is 11.3 Å². The maximum atomic E-state index is 5.07. The minimum atomic E-state index is 0.273. The molecule has 2 aromatic heterocycles. The Morgan fingerprint density at radius 1 is 0.935 bits per heavy atom. The third-order valence-electron chi connectivity index (χ3n) is 5.67. The SMILES string of the molecule is C1=C(NCCCc2ccccc2)N=C(c2ccncc2)C(c2cc3ccccc3s2)C1. The first kappa shape index (κ1) is 19.7. The Kier molecular flexibility index (Phi) is 5.90. The summed E-state index contributed by atoms with van der Waals surface area (Å²) in [6.45, 7) is 0.918. The van der Waals surface area contributed by atoms with Gasteiger partial charge in [0.1, 0.15) is 5.82 Å². The van der Waals surface area contributed by atoms with Crippen LogP contribution in [0.3, 0.4) is 0 Å². The van der Waals surface area contributed by atoms with Gasteiger partial charge in [0, 0.05) is 34.4 Å². The van der Waals surface area contributed by atoms with Crippen LogP contribution in [0.1, 0.15) is 34.8 Å². The highest BCUT2D eigenvalue weighted by Gasteiger charge is 2.25. The molecule has 1 aliphatic heterocycles. The van der Waals surface area contributed by atoms with E-state index in [1.165, 1.54) is 20.5 Å². The van der Waals surface area contributed by atoms with Crippen molar-refractivity contribution in [2.24, 2.45) is 4.99 Å². The van der Waals surface area contributed by atoms with Gasteiger partial charge in [-0.3, -0.25) is 4.98 Å². The van der Waals surface area contributed by atoms with Gasteiger partial charge < -0.3 is 5.32 Å². The van der Waals surface area contributed by atoms with E-state index < -0.39 is 0 Å². The fourth-order valence-corrected chi connectivity index (χ4v) is 5.25. The molecule has 2 aromatic carbocycles. The number of thiophene rings is 1. The fraction of sp³-hybridized carbons (Fsp3) is 0.185. The molecule has 4 aromatic rings. The van der Waals surface area contributed by atoms with Crippen molar-refractivity contribution in [3.05, 3.63) is 113 Å². The van der Waals surface area contributed by atoms with E-state index in [0.29, 0.717) is 0 Å². The van der Waals surface area contributed by atoms with E-state index in [2.05, 4.69) is 89.2 Å². The molecule has 31 heavy (non-hydrogen) atoms. The summed E-state index contributed by atoms with van der Waals surface area (Å²) in [5.41, 5.74) is 3.66. The van der Waals surface area contributed by atoms with E-state index in [-0.39, 0.29) is 5.92 Å². The van der Waals surface area contributed by atoms with Crippen molar-refractivity contribution >= 4 is 27.1 Å². The normalized spacial score (nSPS) is 16.1. The zero-order valence-corrected chi connectivity index (χ0v) is 18.2. The Morgan fingerprint density at radius 2 is 1.74 bits per heavy atom. The summed E-state index contributed by atoms with van der Waals surface area (Å²) < 4.78 is 1.33. The second-order valence-electron chi connectivity index (χ2n) is 7.81. The van der Waals surface area contributed by atoms with E-state index in [1.807, 2.05) is 23.7 Å². The van der Waals surface area contributed by atoms with Crippen molar-refractivity contribution in [3.8, 4) is 0 Å². The Morgan fingerprint density at radius 3 is 2.58 bits per heavy atom. The maximum Gasteiger partial charge on any atom is 0.122 e. The van der Waals surface area contributed by atoms with Crippen LogP contribution in [0, 0.1) is 0 Å². The highest BCUT2D eigenvalue weighted by Crippen LogP contribution is 2.37. The third kappa shape index (κ3) is 4.59. The van der Waals surface area contributed by atoms with Crippen LogP contribution in [0.2, 0.25) is 0 Å². The molecule has 3 nitrogen and oxygen atoms in total. The lowest BCUT2D eigenvalue weighted by Crippen LogP contribution is -2.22. The third-order valence-corrected chi connectivity index (χ3v) is 6.90. The van der Waals surface area contributed by atoms with Crippen LogP contribution in [0.5, 0.6) is 0 Å². The highest BCUT2D eigenvalue weighted by molar-refractivity contribution is 7.19. The lowest BCUT2D eigenvalue weighted by molar-refractivity contribution is 0.705. The van der Waals surface area contributed by atoms with E-state index in [0.717, 1.165) is 42.9 Å². The second-order valence-corrected chi connectivity index (χ2v) is 8.93. The van der Waals surface area contributed by atoms with Crippen LogP contribution >= 0.6 is 11.3 Å². The number of pyridine rings is 1. The molecule has 154 valence electrons. The number of aryl methyl sites for hydroxylation is 1. The smallest absolute Gasteiger partial charge is 0.122 e. The minimum absolute atomic E-state index is 0.273. The molecule has 1 N–H and O–H groups in total. The molecule has 0 saturated carbocycles. The molecule has 0 amide bonds. The lowest BCUT2D eigenvalue weighted by atomic mass is 9.90. The summed E-state index contributed by atoms with van der Waals surface area (Å²) in [5.74, 6) is 1.26. The Balaban J connectivity index is 1.34. The number of fused-ring (bicyclic) bond motifs is 1. The average molecular weight is 424 g/mol. The molecule has 3 heterocycles. The van der Waals surface area contributed by atoms with Crippen molar-refractivity contribution in [2.45, 2.75) is 25.2 Å². The Labute approximate surface area is 187 Å². The summed E-state index contributed by atoms with van der Waals surface area (Å²) >= 11 is 1.88. The van der Waals surface area contributed by atoms with Crippen molar-refractivity contribution in [1.29, 1.82) is 0 Å². The molecule has 0 radical (unpaired) electrons. The van der Waals surface area contributed by atoms with Crippen molar-refractivity contribution in [1.82, 2.24) is 10.3 Å². The molecule has 0 bridgehead atoms. The molecular weight excluding hydrogens is 398 g/mol. The van der Waals surface area contributed by atoms with Crippen LogP contribution in [0.25, 0.3) is 10.1 Å². The molecule has 1 aliphatic rings. The summed E-state index contributed by atoms with van der Waals surface area (Å²) in [5, 5.41) is 4.86. The Hall–Kier alpha value is -3.24. The molecule has 4 heteroatoms. The molecule has 0 aliphatic carbocycles. The van der Waals surface area contributed by atoms with Gasteiger partial charge in [-0.25, -0.2) is 4.99 Å². The quantitative estimate of drug-likeness (QED) is 0.352. The van der Waals surface area contributed by atoms with Gasteiger partial charge in [-0.2, -0.15) is 0 Å². The number of benzene rings is 2. The minimum Gasteiger partial charge on any atom is -0.370 e. The van der Waals surface area contributed by atoms with E-state index >= 15 is 0 Å². The van der Waals surface area contributed by atoms with E-state index in [1.54, 1.807) is 0 Å². The molecule has 1 unspecified atom stereocenters. The zero-order valence-electron chi connectivity index (χ0n) is 17.4. The van der Waals surface area contributed by atoms with Gasteiger partial charge in [0.15, 0.2) is 0 Å². The van der Waals surface area contributed by atoms with Crippen LogP contribution in [0.4, 0.5) is 0 Å². The number of hydrogen-bond donors (Lipinski definition) is 1. The first-order valence-electron chi connectivity index (χ1n) is 10.8. The first-order chi connectivity index (χ1) is 15.4. The van der Waals surface area contributed by atoms with Gasteiger partial charge in [0.2, 0.25) is 0 Å². The van der Waals surface area contributed by atoms with Crippen LogP contribution in [0.15, 0.2) is 102 Å². The second kappa shape index (κ2) is 9.27. The molecule has 0 spiro atoms. The average Bonchev–Trinajstić information content (AvgIpc) is 3.27. The number of aromatic nitrogens is 1. The predicted octanol–water partition coefficient (Wildman–Crippen LogP) is 6.34. The Bertz CT molecular complexity index is 1180. The number of hydrogen-bond acceptors (Lipinski definition) is 4. The van der Waals surface area contributed by atoms with Crippen LogP contribution in [-0.4, -0.2) is 17.2 Å². The van der Waals surface area contributed by atoms with Crippen molar-refractivity contribution < 1.29 is 0 Å². The lowest BCUT2D eigenvalue weighted by Gasteiger charge is -2.23. The molecule has 0 saturated heterocycles. The van der Waals surface area contributed by atoms with Gasteiger partial charge >= 0.3 is 0 Å². The molecular formula is C27H25N3S. The summed E-state index contributed by atoms with van der Waals surface area (Å²) in [6, 6.07) is 25.7. The van der Waals surface area contributed by atoms with E-state index in [9.17, 15) is 0 Å². The largest absolute Gasteiger partial charge is 0.370 e. The zero-order chi connectivity index (χ0) is 20.9.